The van der Waals surface area contributed by atoms with Crippen molar-refractivity contribution in [2.75, 3.05) is 17.7 Å². The summed E-state index contributed by atoms with van der Waals surface area (Å²) in [5.41, 5.74) is 2.54. The van der Waals surface area contributed by atoms with Crippen LogP contribution in [0.5, 0.6) is 0 Å². The van der Waals surface area contributed by atoms with Crippen molar-refractivity contribution in [1.82, 2.24) is 20.3 Å². The van der Waals surface area contributed by atoms with Crippen molar-refractivity contribution in [3.8, 4) is 0 Å². The number of esters is 1. The number of hydrogen-bond acceptors (Lipinski definition) is 10. The second-order valence-corrected chi connectivity index (χ2v) is 20.0. The second-order valence-electron chi connectivity index (χ2n) is 14.2. The second kappa shape index (κ2) is 17.2. The molecule has 0 fully saturated rings. The molecule has 0 aliphatic carbocycles. The molecule has 0 bridgehead atoms. The number of methoxy groups -OCH3 is 1. The summed E-state index contributed by atoms with van der Waals surface area (Å²) in [5, 5.41) is 14.4. The van der Waals surface area contributed by atoms with Gasteiger partial charge in [0.15, 0.2) is 0 Å². The van der Waals surface area contributed by atoms with Gasteiger partial charge in [0, 0.05) is 0 Å². The number of pyridine rings is 2. The van der Waals surface area contributed by atoms with Crippen LogP contribution in [-0.4, -0.2) is 45.2 Å². The standard InChI is InChI=1S/C41H40I2N6O6/c1-40(2,3)33-22-35(48-54-33)42-26-13-17-30(18-14-26)47-38(51)32-9-7-8-28(45-32)20-21-41(4,5)34-23-36(49-55-34)43-27-11-15-29(16-12-27)46-37(50)31-19-10-25(24-44-31)39(52)53-6/h7-19,22-24H,20-21H2,1-6H3,(H,46,50)(H,47,51)/q-2. The zero-order valence-corrected chi connectivity index (χ0v) is 35.5. The van der Waals surface area contributed by atoms with Crippen LogP contribution in [0.25, 0.3) is 0 Å². The Morgan fingerprint density at radius 1 is 0.709 bits per heavy atom. The van der Waals surface area contributed by atoms with E-state index in [4.69, 9.17) is 9.05 Å². The Morgan fingerprint density at radius 2 is 1.27 bits per heavy atom. The van der Waals surface area contributed by atoms with Gasteiger partial charge < -0.3 is 0 Å². The fraction of sp³-hybridized carbons (Fsp3) is 0.244. The fourth-order valence-corrected chi connectivity index (χ4v) is 9.14. The van der Waals surface area contributed by atoms with E-state index < -0.39 is 48.4 Å². The Morgan fingerprint density at radius 3 is 1.80 bits per heavy atom. The number of benzene rings is 2. The van der Waals surface area contributed by atoms with Crippen molar-refractivity contribution >= 4 is 29.2 Å². The van der Waals surface area contributed by atoms with Gasteiger partial charge in [-0.05, 0) is 0 Å². The molecule has 14 heteroatoms. The van der Waals surface area contributed by atoms with Gasteiger partial charge >= 0.3 is 335 Å². The minimum absolute atomic E-state index is 0.0835. The first-order valence-electron chi connectivity index (χ1n) is 17.3. The molecule has 0 atom stereocenters. The molecule has 2 N–H and O–H groups in total. The van der Waals surface area contributed by atoms with Gasteiger partial charge in [-0.2, -0.15) is 0 Å². The molecule has 0 unspecified atom stereocenters. The summed E-state index contributed by atoms with van der Waals surface area (Å²) in [6.45, 7) is 10.5. The molecule has 0 aliphatic heterocycles. The fourth-order valence-electron chi connectivity index (χ4n) is 5.15. The molecule has 12 nitrogen and oxygen atoms in total. The molecular weight excluding hydrogens is 926 g/mol. The first kappa shape index (κ1) is 39.7. The first-order chi connectivity index (χ1) is 26.3. The Labute approximate surface area is 339 Å². The van der Waals surface area contributed by atoms with E-state index >= 15 is 0 Å². The molecule has 2 aromatic carbocycles. The van der Waals surface area contributed by atoms with Gasteiger partial charge in [0.25, 0.3) is 0 Å². The summed E-state index contributed by atoms with van der Waals surface area (Å²) < 4.78 is 20.2. The molecule has 0 radical (unpaired) electrons. The number of carbonyl (C=O) groups is 3. The number of rotatable bonds is 13. The van der Waals surface area contributed by atoms with Crippen molar-refractivity contribution in [3.05, 3.63) is 146 Å². The van der Waals surface area contributed by atoms with E-state index in [1.54, 1.807) is 6.07 Å². The van der Waals surface area contributed by atoms with E-state index in [1.165, 1.54) is 29.0 Å². The molecule has 4 aromatic heterocycles. The van der Waals surface area contributed by atoms with Crippen molar-refractivity contribution in [2.45, 2.75) is 58.3 Å². The van der Waals surface area contributed by atoms with E-state index in [-0.39, 0.29) is 33.9 Å². The van der Waals surface area contributed by atoms with E-state index in [9.17, 15) is 14.4 Å². The maximum absolute atomic E-state index is 13.1. The van der Waals surface area contributed by atoms with Crippen LogP contribution in [0.3, 0.4) is 0 Å². The summed E-state index contributed by atoms with van der Waals surface area (Å²) in [4.78, 5) is 46.1. The van der Waals surface area contributed by atoms with Crippen LogP contribution >= 0.6 is 0 Å². The molecule has 0 spiro atoms. The Hall–Kier alpha value is -4.97. The zero-order valence-electron chi connectivity index (χ0n) is 31.1. The number of nitrogens with zero attached hydrogens (tertiary/aromatic N) is 4. The van der Waals surface area contributed by atoms with Crippen LogP contribution in [0, 0.1) is 14.5 Å². The average Bonchev–Trinajstić information content (AvgIpc) is 3.86. The normalized spacial score (nSPS) is 11.7. The molecule has 2 amide bonds. The van der Waals surface area contributed by atoms with Crippen molar-refractivity contribution < 1.29 is 70.6 Å². The number of hydrogen-bond donors (Lipinski definition) is 2. The number of halogens is 2. The van der Waals surface area contributed by atoms with Crippen LogP contribution in [0.2, 0.25) is 0 Å². The summed E-state index contributed by atoms with van der Waals surface area (Å²) in [6, 6.07) is 28.0. The Kier molecular flexibility index (Phi) is 12.4. The monoisotopic (exact) mass is 966 g/mol. The van der Waals surface area contributed by atoms with Crippen LogP contribution in [0.1, 0.15) is 89.6 Å². The van der Waals surface area contributed by atoms with Gasteiger partial charge in [0.1, 0.15) is 0 Å². The van der Waals surface area contributed by atoms with E-state index in [0.717, 1.165) is 34.6 Å². The van der Waals surface area contributed by atoms with Crippen LogP contribution in [0.4, 0.5) is 11.4 Å². The first-order valence-corrected chi connectivity index (χ1v) is 21.6. The van der Waals surface area contributed by atoms with Gasteiger partial charge in [-0.15, -0.1) is 0 Å². The maximum atomic E-state index is 13.1. The number of aryl methyl sites for hydroxylation is 1. The zero-order chi connectivity index (χ0) is 39.2. The van der Waals surface area contributed by atoms with E-state index in [2.05, 4.69) is 70.3 Å². The van der Waals surface area contributed by atoms with Gasteiger partial charge in [-0.3, -0.25) is 0 Å². The van der Waals surface area contributed by atoms with Crippen LogP contribution in [-0.2, 0) is 22.0 Å². The van der Waals surface area contributed by atoms with Crippen molar-refractivity contribution in [1.29, 1.82) is 0 Å². The number of amides is 2. The molecule has 0 saturated heterocycles. The molecule has 6 rings (SSSR count). The van der Waals surface area contributed by atoms with Gasteiger partial charge in [-0.25, -0.2) is 0 Å². The summed E-state index contributed by atoms with van der Waals surface area (Å²) >= 11 is -1.13. The molecule has 0 saturated carbocycles. The summed E-state index contributed by atoms with van der Waals surface area (Å²) in [7, 11) is 1.29. The number of anilines is 2. The van der Waals surface area contributed by atoms with Gasteiger partial charge in [0.2, 0.25) is 0 Å². The third-order valence-corrected chi connectivity index (χ3v) is 13.3. The number of nitrogens with one attached hydrogen (secondary N) is 2. The van der Waals surface area contributed by atoms with Gasteiger partial charge in [0.05, 0.1) is 7.11 Å². The molecule has 286 valence electrons. The average molecular weight is 967 g/mol. The van der Waals surface area contributed by atoms with Crippen LogP contribution in [0.15, 0.2) is 106 Å². The minimum atomic E-state index is -0.630. The third-order valence-electron chi connectivity index (χ3n) is 8.45. The quantitative estimate of drug-likeness (QED) is 0.127. The third kappa shape index (κ3) is 10.6. The van der Waals surface area contributed by atoms with Crippen molar-refractivity contribution in [2.24, 2.45) is 0 Å². The molecule has 55 heavy (non-hydrogen) atoms. The summed E-state index contributed by atoms with van der Waals surface area (Å²) in [5.74, 6) is 0.497. The predicted octanol–water partition coefficient (Wildman–Crippen LogP) is 1.21. The molecule has 4 heterocycles. The number of aromatic nitrogens is 4. The number of ether oxygens (including phenoxy) is 1. The Bertz CT molecular complexity index is 2280. The van der Waals surface area contributed by atoms with Crippen LogP contribution < -0.4 is 53.0 Å². The Balaban J connectivity index is 0.987. The van der Waals surface area contributed by atoms with Crippen molar-refractivity contribution in [3.63, 3.8) is 0 Å². The molecular formula is C41H40I2N6O6-2. The topological polar surface area (TPSA) is 162 Å². The number of carbonyl (C=O) groups excluding carboxylic acids is 3. The van der Waals surface area contributed by atoms with Gasteiger partial charge in [-0.1, -0.05) is 0 Å². The predicted molar refractivity (Wildman–Crippen MR) is 196 cm³/mol. The summed E-state index contributed by atoms with van der Waals surface area (Å²) in [6.07, 6.45) is 2.69. The van der Waals surface area contributed by atoms with E-state index in [0.29, 0.717) is 23.5 Å². The van der Waals surface area contributed by atoms with E-state index in [1.807, 2.05) is 72.8 Å². The molecule has 0 aliphatic rings. The molecule has 6 aromatic rings. The SMILES string of the molecule is COC(=O)c1ccc(C(=O)Nc2ccc([I-]c3cc(C(C)(C)CCc4cccc(C(=O)Nc5ccc([I-]c6cc(C(C)(C)C)on6)cc5)n4)on3)cc2)nc1.